The van der Waals surface area contributed by atoms with Crippen molar-refractivity contribution in [1.82, 2.24) is 4.98 Å². The minimum absolute atomic E-state index is 0.115. The zero-order valence-corrected chi connectivity index (χ0v) is 14.0. The normalized spacial score (nSPS) is 10.7. The van der Waals surface area contributed by atoms with Gasteiger partial charge in [0.2, 0.25) is 0 Å². The third-order valence-corrected chi connectivity index (χ3v) is 4.43. The molecule has 0 aliphatic rings. The van der Waals surface area contributed by atoms with E-state index in [1.807, 2.05) is 6.92 Å². The molecule has 0 spiro atoms. The molecular formula is C17H11ClF2N2OS. The zero-order valence-electron chi connectivity index (χ0n) is 12.4. The van der Waals surface area contributed by atoms with E-state index in [9.17, 15) is 13.6 Å². The molecule has 7 heteroatoms. The second-order valence-corrected chi connectivity index (χ2v) is 6.65. The fraction of sp³-hybridized carbons (Fsp3) is 0.0588. The van der Waals surface area contributed by atoms with E-state index in [1.165, 1.54) is 35.6 Å². The SMILES string of the molecule is Cc1sc(NC(=O)c2ccc(Cl)cc2F)nc1-c1ccc(F)cc1. The van der Waals surface area contributed by atoms with E-state index < -0.39 is 11.7 Å². The molecule has 1 heterocycles. The number of thiazole rings is 1. The van der Waals surface area contributed by atoms with Gasteiger partial charge in [0.15, 0.2) is 5.13 Å². The Bertz CT molecular complexity index is 909. The summed E-state index contributed by atoms with van der Waals surface area (Å²) in [5, 5.41) is 3.13. The Morgan fingerprint density at radius 2 is 1.88 bits per heavy atom. The standard InChI is InChI=1S/C17H11ClF2N2OS/c1-9-15(10-2-5-12(19)6-3-10)21-17(24-9)22-16(23)13-7-4-11(18)8-14(13)20/h2-8H,1H3,(H,21,22,23). The molecule has 3 nitrogen and oxygen atoms in total. The monoisotopic (exact) mass is 364 g/mol. The highest BCUT2D eigenvalue weighted by Gasteiger charge is 2.16. The van der Waals surface area contributed by atoms with E-state index in [0.29, 0.717) is 10.8 Å². The first-order chi connectivity index (χ1) is 11.4. The third kappa shape index (κ3) is 3.44. The molecule has 0 bridgehead atoms. The Kier molecular flexibility index (Phi) is 4.59. The summed E-state index contributed by atoms with van der Waals surface area (Å²) in [7, 11) is 0. The summed E-state index contributed by atoms with van der Waals surface area (Å²) in [4.78, 5) is 17.4. The third-order valence-electron chi connectivity index (χ3n) is 3.31. The number of amides is 1. The largest absolute Gasteiger partial charge is 0.298 e. The van der Waals surface area contributed by atoms with E-state index in [1.54, 1.807) is 12.1 Å². The number of hydrogen-bond donors (Lipinski definition) is 1. The van der Waals surface area contributed by atoms with Gasteiger partial charge in [-0.05, 0) is 49.4 Å². The molecule has 122 valence electrons. The molecule has 0 atom stereocenters. The van der Waals surface area contributed by atoms with Gasteiger partial charge >= 0.3 is 0 Å². The van der Waals surface area contributed by atoms with Crippen molar-refractivity contribution in [3.05, 3.63) is 69.6 Å². The van der Waals surface area contributed by atoms with E-state index >= 15 is 0 Å². The van der Waals surface area contributed by atoms with E-state index in [-0.39, 0.29) is 16.4 Å². The minimum atomic E-state index is -0.702. The van der Waals surface area contributed by atoms with Crippen molar-refractivity contribution in [3.63, 3.8) is 0 Å². The predicted molar refractivity (Wildman–Crippen MR) is 91.6 cm³/mol. The lowest BCUT2D eigenvalue weighted by Gasteiger charge is -2.03. The Balaban J connectivity index is 1.85. The topological polar surface area (TPSA) is 42.0 Å². The first-order valence-electron chi connectivity index (χ1n) is 6.94. The van der Waals surface area contributed by atoms with Gasteiger partial charge in [0.1, 0.15) is 11.6 Å². The number of nitrogens with one attached hydrogen (secondary N) is 1. The molecule has 2 aromatic carbocycles. The second-order valence-electron chi connectivity index (χ2n) is 5.01. The maximum absolute atomic E-state index is 13.8. The molecule has 1 aromatic heterocycles. The number of carbonyl (C=O) groups is 1. The number of anilines is 1. The Hall–Kier alpha value is -2.31. The van der Waals surface area contributed by atoms with Crippen molar-refractivity contribution in [1.29, 1.82) is 0 Å². The number of hydrogen-bond acceptors (Lipinski definition) is 3. The lowest BCUT2D eigenvalue weighted by molar-refractivity contribution is 0.102. The fourth-order valence-electron chi connectivity index (χ4n) is 2.16. The van der Waals surface area contributed by atoms with Crippen LogP contribution in [-0.4, -0.2) is 10.9 Å². The van der Waals surface area contributed by atoms with Gasteiger partial charge in [-0.25, -0.2) is 13.8 Å². The fourth-order valence-corrected chi connectivity index (χ4v) is 3.15. The average Bonchev–Trinajstić information content (AvgIpc) is 2.88. The van der Waals surface area contributed by atoms with Crippen molar-refractivity contribution in [2.24, 2.45) is 0 Å². The molecule has 3 rings (SSSR count). The molecule has 0 aliphatic carbocycles. The highest BCUT2D eigenvalue weighted by Crippen LogP contribution is 2.30. The quantitative estimate of drug-likeness (QED) is 0.685. The van der Waals surface area contributed by atoms with E-state index in [2.05, 4.69) is 10.3 Å². The van der Waals surface area contributed by atoms with Crippen LogP contribution in [0.5, 0.6) is 0 Å². The van der Waals surface area contributed by atoms with Crippen LogP contribution in [0.3, 0.4) is 0 Å². The van der Waals surface area contributed by atoms with Crippen LogP contribution in [0.15, 0.2) is 42.5 Å². The Morgan fingerprint density at radius 3 is 2.54 bits per heavy atom. The molecule has 0 saturated carbocycles. The van der Waals surface area contributed by atoms with Gasteiger partial charge in [-0.2, -0.15) is 0 Å². The Morgan fingerprint density at radius 1 is 1.17 bits per heavy atom. The highest BCUT2D eigenvalue weighted by molar-refractivity contribution is 7.16. The van der Waals surface area contributed by atoms with Gasteiger partial charge in [0.05, 0.1) is 11.3 Å². The maximum atomic E-state index is 13.8. The summed E-state index contributed by atoms with van der Waals surface area (Å²) >= 11 is 6.94. The second kappa shape index (κ2) is 6.67. The summed E-state index contributed by atoms with van der Waals surface area (Å²) in [6, 6.07) is 9.74. The molecule has 1 amide bonds. The highest BCUT2D eigenvalue weighted by atomic mass is 35.5. The van der Waals surface area contributed by atoms with Crippen LogP contribution in [-0.2, 0) is 0 Å². The smallest absolute Gasteiger partial charge is 0.260 e. The number of nitrogens with zero attached hydrogens (tertiary/aromatic N) is 1. The number of rotatable bonds is 3. The zero-order chi connectivity index (χ0) is 17.3. The number of halogens is 3. The van der Waals surface area contributed by atoms with Crippen molar-refractivity contribution in [2.45, 2.75) is 6.92 Å². The van der Waals surface area contributed by atoms with Gasteiger partial charge < -0.3 is 0 Å². The van der Waals surface area contributed by atoms with Gasteiger partial charge in [-0.1, -0.05) is 11.6 Å². The molecule has 0 saturated heterocycles. The van der Waals surface area contributed by atoms with Crippen LogP contribution in [0.1, 0.15) is 15.2 Å². The van der Waals surface area contributed by atoms with Crippen LogP contribution in [0.4, 0.5) is 13.9 Å². The van der Waals surface area contributed by atoms with Gasteiger partial charge in [-0.3, -0.25) is 10.1 Å². The van der Waals surface area contributed by atoms with Crippen LogP contribution in [0, 0.1) is 18.6 Å². The molecule has 0 radical (unpaired) electrons. The number of carbonyl (C=O) groups excluding carboxylic acids is 1. The molecular weight excluding hydrogens is 354 g/mol. The molecule has 24 heavy (non-hydrogen) atoms. The predicted octanol–water partition coefficient (Wildman–Crippen LogP) is 5.30. The number of aromatic nitrogens is 1. The molecule has 0 aliphatic heterocycles. The summed E-state index contributed by atoms with van der Waals surface area (Å²) in [5.41, 5.74) is 1.27. The average molecular weight is 365 g/mol. The van der Waals surface area contributed by atoms with Gasteiger partial charge in [0.25, 0.3) is 5.91 Å². The van der Waals surface area contributed by atoms with Crippen LogP contribution in [0.25, 0.3) is 11.3 Å². The lowest BCUT2D eigenvalue weighted by atomic mass is 10.1. The van der Waals surface area contributed by atoms with Crippen LogP contribution < -0.4 is 5.32 Å². The summed E-state index contributed by atoms with van der Waals surface area (Å²) in [6.45, 7) is 1.84. The van der Waals surface area contributed by atoms with Crippen LogP contribution >= 0.6 is 22.9 Å². The van der Waals surface area contributed by atoms with Gasteiger partial charge in [-0.15, -0.1) is 11.3 Å². The maximum Gasteiger partial charge on any atom is 0.260 e. The van der Waals surface area contributed by atoms with E-state index in [0.717, 1.165) is 16.5 Å². The number of aryl methyl sites for hydroxylation is 1. The van der Waals surface area contributed by atoms with Crippen molar-refractivity contribution in [3.8, 4) is 11.3 Å². The summed E-state index contributed by atoms with van der Waals surface area (Å²) < 4.78 is 26.8. The van der Waals surface area contributed by atoms with E-state index in [4.69, 9.17) is 11.6 Å². The van der Waals surface area contributed by atoms with Crippen molar-refractivity contribution in [2.75, 3.05) is 5.32 Å². The van der Waals surface area contributed by atoms with Gasteiger partial charge in [0, 0.05) is 15.5 Å². The summed E-state index contributed by atoms with van der Waals surface area (Å²) in [6.07, 6.45) is 0. The lowest BCUT2D eigenvalue weighted by Crippen LogP contribution is -2.13. The first-order valence-corrected chi connectivity index (χ1v) is 8.13. The molecule has 1 N–H and O–H groups in total. The van der Waals surface area contributed by atoms with Crippen molar-refractivity contribution < 1.29 is 13.6 Å². The van der Waals surface area contributed by atoms with Crippen LogP contribution in [0.2, 0.25) is 5.02 Å². The molecule has 0 fully saturated rings. The summed E-state index contributed by atoms with van der Waals surface area (Å²) in [5.74, 6) is -1.64. The Labute approximate surface area is 145 Å². The molecule has 0 unspecified atom stereocenters. The molecule has 3 aromatic rings. The minimum Gasteiger partial charge on any atom is -0.298 e. The van der Waals surface area contributed by atoms with Crippen molar-refractivity contribution >= 4 is 34.0 Å². The first kappa shape index (κ1) is 16.5. The number of benzene rings is 2.